The number of thioether (sulfide) groups is 2. The molecule has 4 unspecified atom stereocenters. The average molecular weight is 1710 g/mol. The second-order valence-corrected chi connectivity index (χ2v) is 33.1. The molecular weight excluding hydrogens is 1600 g/mol. The number of benzene rings is 3. The molecular formula is C81H111N15O22S2. The van der Waals surface area contributed by atoms with Crippen molar-refractivity contribution in [3.05, 3.63) is 119 Å². The van der Waals surface area contributed by atoms with Gasteiger partial charge in [0.1, 0.15) is 54.1 Å². The van der Waals surface area contributed by atoms with Crippen molar-refractivity contribution in [2.75, 3.05) is 57.6 Å². The lowest BCUT2D eigenvalue weighted by atomic mass is 9.44. The number of carbonyl (C=O) groups is 14. The number of nitrogens with one attached hydrogen (secondary N) is 6. The van der Waals surface area contributed by atoms with Gasteiger partial charge < -0.3 is 105 Å². The molecule has 0 spiro atoms. The fraction of sp³-hybridized carbons (Fsp3) is 0.556. The molecule has 0 radical (unpaired) electrons. The number of rotatable bonds is 41. The van der Waals surface area contributed by atoms with E-state index in [1.54, 1.807) is 60.9 Å². The van der Waals surface area contributed by atoms with E-state index in [0.717, 1.165) is 30.5 Å². The van der Waals surface area contributed by atoms with Gasteiger partial charge in [-0.2, -0.15) is 11.8 Å². The molecule has 2 aliphatic heterocycles. The van der Waals surface area contributed by atoms with E-state index in [2.05, 4.69) is 41.9 Å². The number of aliphatic imine (C=N–C) groups is 2. The number of hydrogen-bond acceptors (Lipinski definition) is 28. The Labute approximate surface area is 702 Å². The first-order valence-corrected chi connectivity index (χ1v) is 42.0. The monoisotopic (exact) mass is 1710 g/mol. The quantitative estimate of drug-likeness (QED) is 0.00650. The van der Waals surface area contributed by atoms with E-state index in [0.29, 0.717) is 25.1 Å². The largest absolute Gasteiger partial charge is 0.455 e. The Morgan fingerprint density at radius 2 is 1.23 bits per heavy atom. The van der Waals surface area contributed by atoms with Crippen LogP contribution >= 0.6 is 23.5 Å². The van der Waals surface area contributed by atoms with Crippen LogP contribution in [0.25, 0.3) is 0 Å². The van der Waals surface area contributed by atoms with E-state index in [9.17, 15) is 67.7 Å². The average Bonchev–Trinajstić information content (AvgIpc) is 0.682. The van der Waals surface area contributed by atoms with Gasteiger partial charge in [0.25, 0.3) is 5.91 Å². The van der Waals surface area contributed by atoms with Crippen LogP contribution in [0, 0.1) is 16.7 Å². The number of unbranched alkanes of at least 4 members (excludes halogenated alkanes) is 1. The minimum absolute atomic E-state index is 0.00140. The molecule has 2 heterocycles. The van der Waals surface area contributed by atoms with Crippen LogP contribution in [0.5, 0.6) is 0 Å². The summed E-state index contributed by atoms with van der Waals surface area (Å²) in [6, 6.07) is 15.0. The standard InChI is InChI=1S/C81H111N15O22S2/c1-43-54(40-81(112)66(117-74(110)48-26-16-11-17-27-48)64-79(6,56(99)39-57-80(64,42-113-57)118-45(3)98)65(102)62(114-44(2)97)60(43)78(81,4)5)115-75(111)63(61(46-22-12-9-13-23-46)95-67(103)47-24-14-10-15-25-47)116-59(101)31-36-96-58(100)38-55(73(96)109)120-41-49(83)68(104)91-51(29-20-34-89-76(84)85)70(106)93-52(30-21-35-90-77(86)87)71(107)94-53(32-37-119-8)72(108)92-50(69(105)88-7)28-18-19-33-82/h9-17,22-27,49-57,61-64,66,99,112H,18-21,28-42,82-83H2,1-8H3,(H,88,105)(H,91,104)(H,92,108)(H,93,106)(H,94,107)(H,95,103)(H4,84,85,89)(H4,86,87,90)/t49?,50-,51-,52-,53-,54-,55?,56-,57+,61-,62+,63+,64?,66?,79+,80-,81+/m0/s1. The molecule has 3 aromatic rings. The molecule has 120 heavy (non-hydrogen) atoms. The zero-order valence-electron chi connectivity index (χ0n) is 68.4. The lowest BCUT2D eigenvalue weighted by molar-refractivity contribution is -0.346. The molecule has 37 nitrogen and oxygen atoms in total. The third kappa shape index (κ3) is 22.7. The first-order chi connectivity index (χ1) is 56.9. The highest BCUT2D eigenvalue weighted by Gasteiger charge is 2.78. The number of imide groups is 1. The summed E-state index contributed by atoms with van der Waals surface area (Å²) >= 11 is 2.20. The van der Waals surface area contributed by atoms with Gasteiger partial charge in [0.05, 0.1) is 47.3 Å². The number of likely N-dealkylation sites (N-methyl/N-ethyl adjacent to an activating group) is 1. The smallest absolute Gasteiger partial charge is 0.350 e. The fourth-order valence-electron chi connectivity index (χ4n) is 16.1. The zero-order valence-corrected chi connectivity index (χ0v) is 70.0. The van der Waals surface area contributed by atoms with Gasteiger partial charge in [-0.15, -0.1) is 11.8 Å². The summed E-state index contributed by atoms with van der Waals surface area (Å²) in [5.74, 6) is -14.8. The predicted molar refractivity (Wildman–Crippen MR) is 439 cm³/mol. The molecule has 5 aliphatic rings. The molecule has 39 heteroatoms. The van der Waals surface area contributed by atoms with E-state index in [1.807, 2.05) is 0 Å². The number of carbonyl (C=O) groups excluding carboxylic acids is 14. The molecule has 8 rings (SSSR count). The van der Waals surface area contributed by atoms with Crippen molar-refractivity contribution in [1.29, 1.82) is 0 Å². The van der Waals surface area contributed by atoms with Gasteiger partial charge in [0, 0.05) is 76.5 Å². The minimum Gasteiger partial charge on any atom is -0.455 e. The molecule has 0 aromatic heterocycles. The second-order valence-electron chi connectivity index (χ2n) is 30.9. The lowest BCUT2D eigenvalue weighted by Crippen LogP contribution is -2.82. The number of esters is 5. The number of nitrogens with two attached hydrogens (primary N) is 6. The molecule has 2 saturated heterocycles. The van der Waals surface area contributed by atoms with Gasteiger partial charge in [0.2, 0.25) is 47.5 Å². The van der Waals surface area contributed by atoms with Gasteiger partial charge in [-0.3, -0.25) is 72.4 Å². The lowest BCUT2D eigenvalue weighted by Gasteiger charge is -2.67. The highest BCUT2D eigenvalue weighted by Crippen LogP contribution is 2.64. The molecule has 20 N–H and O–H groups in total. The Morgan fingerprint density at radius 3 is 1.76 bits per heavy atom. The number of ether oxygens (including phenoxy) is 6. The van der Waals surface area contributed by atoms with Gasteiger partial charge in [-0.25, -0.2) is 9.59 Å². The molecule has 3 aliphatic carbocycles. The van der Waals surface area contributed by atoms with Crippen molar-refractivity contribution in [3.63, 3.8) is 0 Å². The summed E-state index contributed by atoms with van der Waals surface area (Å²) in [6.45, 7) is 7.13. The molecule has 17 atom stereocenters. The Balaban J connectivity index is 1.04. The summed E-state index contributed by atoms with van der Waals surface area (Å²) in [5, 5.41) is 41.5. The summed E-state index contributed by atoms with van der Waals surface area (Å²) < 4.78 is 37.2. The highest BCUT2D eigenvalue weighted by molar-refractivity contribution is 8.00. The van der Waals surface area contributed by atoms with Crippen LogP contribution in [0.2, 0.25) is 0 Å². The number of aliphatic hydroxyl groups excluding tert-OH is 1. The predicted octanol–water partition coefficient (Wildman–Crippen LogP) is -0.461. The van der Waals surface area contributed by atoms with Crippen LogP contribution in [-0.4, -0.2) is 251 Å². The van der Waals surface area contributed by atoms with Crippen LogP contribution in [0.1, 0.15) is 151 Å². The normalized spacial score (nSPS) is 24.4. The Morgan fingerprint density at radius 1 is 0.692 bits per heavy atom. The highest BCUT2D eigenvalue weighted by atomic mass is 32.2. The maximum atomic E-state index is 16.0. The summed E-state index contributed by atoms with van der Waals surface area (Å²) in [6.07, 6.45) is -9.94. The van der Waals surface area contributed by atoms with Crippen molar-refractivity contribution >= 4 is 118 Å². The summed E-state index contributed by atoms with van der Waals surface area (Å²) in [4.78, 5) is 209. The van der Waals surface area contributed by atoms with Crippen LogP contribution in [0.15, 0.2) is 112 Å². The molecule has 3 aromatic carbocycles. The Kier molecular flexibility index (Phi) is 33.7. The van der Waals surface area contributed by atoms with E-state index < -0.39 is 221 Å². The minimum atomic E-state index is -2.62. The van der Waals surface area contributed by atoms with E-state index >= 15 is 9.59 Å². The van der Waals surface area contributed by atoms with E-state index in [4.69, 9.17) is 62.8 Å². The van der Waals surface area contributed by atoms with Gasteiger partial charge in [-0.1, -0.05) is 80.6 Å². The number of amides is 8. The number of aliphatic hydroxyl groups is 2. The zero-order chi connectivity index (χ0) is 88.1. The molecule has 2 saturated carbocycles. The number of fused-ring (bicyclic) bond motifs is 5. The van der Waals surface area contributed by atoms with Crippen molar-refractivity contribution in [2.24, 2.45) is 61.1 Å². The van der Waals surface area contributed by atoms with Crippen LogP contribution in [0.3, 0.4) is 0 Å². The maximum absolute atomic E-state index is 16.0. The van der Waals surface area contributed by atoms with Crippen molar-refractivity contribution < 1.29 is 106 Å². The topological polar surface area (TPSA) is 591 Å². The van der Waals surface area contributed by atoms with Gasteiger partial charge in [0.15, 0.2) is 29.4 Å². The van der Waals surface area contributed by atoms with Crippen LogP contribution in [0.4, 0.5) is 0 Å². The van der Waals surface area contributed by atoms with Crippen LogP contribution in [-0.2, 0) is 86.0 Å². The van der Waals surface area contributed by atoms with Gasteiger partial charge in [-0.05, 0) is 125 Å². The summed E-state index contributed by atoms with van der Waals surface area (Å²) in [5.41, 5.74) is 25.9. The Hall–Kier alpha value is -10.6. The first-order valence-electron chi connectivity index (χ1n) is 39.5. The van der Waals surface area contributed by atoms with Crippen molar-refractivity contribution in [3.8, 4) is 0 Å². The van der Waals surface area contributed by atoms with Crippen molar-refractivity contribution in [2.45, 2.75) is 208 Å². The van der Waals surface area contributed by atoms with E-state index in [-0.39, 0.29) is 104 Å². The van der Waals surface area contributed by atoms with Crippen LogP contribution < -0.4 is 66.3 Å². The van der Waals surface area contributed by atoms with Crippen molar-refractivity contribution in [1.82, 2.24) is 36.8 Å². The third-order valence-corrected chi connectivity index (χ3v) is 24.5. The maximum Gasteiger partial charge on any atom is 0.350 e. The van der Waals surface area contributed by atoms with E-state index in [1.165, 1.54) is 82.9 Å². The SMILES string of the molecule is CNC(=O)[C@H](CCCCN)NC(=O)[C@H](CCSC)NC(=O)[C@H](CCCN=C(N)N)NC(=O)[C@H](CCCN=C(N)N)NC(=O)C(N)CSC1CC(=O)N(CCC(=O)O[C@@H](C(=O)O[C@H]2C[C@@]3(O)C(OC(=O)c4ccccc4)C4[C@](C)(C(=O)[C@H](OC(C)=O)C(=C2C)C3(C)C)[C@@H](O)C[C@H]2OC[C@@]42OC(C)=O)[C@@H](NC(=O)c2ccccc2)c2ccccc2)C1=O. The number of hydrogen-bond donors (Lipinski definition) is 14. The number of ketones is 1. The number of nitrogens with zero attached hydrogens (tertiary/aromatic N) is 3. The number of Topliss-reactive ketones (excluding diaryl/α,β-unsaturated/α-hetero) is 1. The Bertz CT molecular complexity index is 4330. The molecule has 2 bridgehead atoms. The third-order valence-electron chi connectivity index (χ3n) is 22.5. The first kappa shape index (κ1) is 94.9. The molecule has 8 amide bonds. The fourth-order valence-corrected chi connectivity index (χ4v) is 17.7. The molecule has 654 valence electrons. The molecule has 4 fully saturated rings. The second kappa shape index (κ2) is 42.6. The number of likely N-dealkylation sites (tertiary alicyclic amines) is 1. The number of guanidine groups is 2. The van der Waals surface area contributed by atoms with Gasteiger partial charge >= 0.3 is 29.8 Å². The summed E-state index contributed by atoms with van der Waals surface area (Å²) in [7, 11) is 1.42.